The monoisotopic (exact) mass is 391 g/mol. The lowest BCUT2D eigenvalue weighted by Gasteiger charge is -2.35. The van der Waals surface area contributed by atoms with Crippen LogP contribution in [0.4, 0.5) is 10.5 Å². The number of halogens is 1. The van der Waals surface area contributed by atoms with Crippen molar-refractivity contribution in [2.75, 3.05) is 11.5 Å². The third kappa shape index (κ3) is 4.74. The molecule has 0 saturated heterocycles. The van der Waals surface area contributed by atoms with Gasteiger partial charge in [0.25, 0.3) is 0 Å². The number of ether oxygens (including phenoxy) is 1. The molecule has 0 saturated carbocycles. The molecule has 0 fully saturated rings. The Labute approximate surface area is 151 Å². The van der Waals surface area contributed by atoms with E-state index in [1.165, 1.54) is 4.90 Å². The Hall–Kier alpha value is -2.01. The lowest BCUT2D eigenvalue weighted by molar-refractivity contribution is 0.149. The van der Waals surface area contributed by atoms with Crippen LogP contribution in [0.2, 0.25) is 0 Å². The maximum absolute atomic E-state index is 12.6. The van der Waals surface area contributed by atoms with E-state index in [9.17, 15) is 9.90 Å². The van der Waals surface area contributed by atoms with E-state index in [-0.39, 0.29) is 12.4 Å². The van der Waals surface area contributed by atoms with Gasteiger partial charge < -0.3 is 9.84 Å². The summed E-state index contributed by atoms with van der Waals surface area (Å²) in [5.41, 5.74) is 1.02. The second-order valence-corrected chi connectivity index (χ2v) is 7.40. The van der Waals surface area contributed by atoms with E-state index in [1.807, 2.05) is 45.0 Å². The second kappa shape index (κ2) is 7.71. The highest BCUT2D eigenvalue weighted by molar-refractivity contribution is 9.10. The standard InChI is InChI=1S/C19H22BrNO3/c1-19(2,3)21(16-6-4-5-7-17(16)22)18(23)24-13-12-14-8-10-15(20)11-9-14/h4-11,22H,12-13H2,1-3H3. The van der Waals surface area contributed by atoms with Gasteiger partial charge in [-0.2, -0.15) is 0 Å². The summed E-state index contributed by atoms with van der Waals surface area (Å²) in [6.45, 7) is 5.97. The van der Waals surface area contributed by atoms with E-state index in [1.54, 1.807) is 24.3 Å². The van der Waals surface area contributed by atoms with E-state index in [2.05, 4.69) is 15.9 Å². The molecule has 0 bridgehead atoms. The van der Waals surface area contributed by atoms with Gasteiger partial charge in [0.05, 0.1) is 12.3 Å². The van der Waals surface area contributed by atoms with E-state index < -0.39 is 11.6 Å². The minimum absolute atomic E-state index is 0.0530. The third-order valence-electron chi connectivity index (χ3n) is 3.51. The zero-order valence-corrected chi connectivity index (χ0v) is 15.7. The minimum Gasteiger partial charge on any atom is -0.506 e. The number of amides is 1. The van der Waals surface area contributed by atoms with Gasteiger partial charge in [0.2, 0.25) is 0 Å². The van der Waals surface area contributed by atoms with Crippen molar-refractivity contribution in [1.29, 1.82) is 0 Å². The van der Waals surface area contributed by atoms with Gasteiger partial charge in [-0.15, -0.1) is 0 Å². The zero-order valence-electron chi connectivity index (χ0n) is 14.1. The first-order chi connectivity index (χ1) is 11.3. The van der Waals surface area contributed by atoms with Crippen LogP contribution in [0.3, 0.4) is 0 Å². The van der Waals surface area contributed by atoms with Crippen LogP contribution in [0, 0.1) is 0 Å². The summed E-state index contributed by atoms with van der Waals surface area (Å²) in [7, 11) is 0. The van der Waals surface area contributed by atoms with Crippen LogP contribution in [0.5, 0.6) is 5.75 Å². The molecular weight excluding hydrogens is 370 g/mol. The van der Waals surface area contributed by atoms with Gasteiger partial charge in [-0.05, 0) is 50.6 Å². The van der Waals surface area contributed by atoms with Crippen molar-refractivity contribution in [2.45, 2.75) is 32.7 Å². The fourth-order valence-corrected chi connectivity index (χ4v) is 2.62. The van der Waals surface area contributed by atoms with Crippen LogP contribution >= 0.6 is 15.9 Å². The summed E-state index contributed by atoms with van der Waals surface area (Å²) in [6, 6.07) is 14.7. The zero-order chi connectivity index (χ0) is 17.7. The first kappa shape index (κ1) is 18.3. The van der Waals surface area contributed by atoms with Crippen molar-refractivity contribution in [3.05, 3.63) is 58.6 Å². The molecule has 0 heterocycles. The molecule has 0 aliphatic rings. The second-order valence-electron chi connectivity index (χ2n) is 6.49. The Morgan fingerprint density at radius 1 is 1.12 bits per heavy atom. The lowest BCUT2D eigenvalue weighted by Crippen LogP contribution is -2.46. The number of nitrogens with zero attached hydrogens (tertiary/aromatic N) is 1. The molecule has 128 valence electrons. The number of carbonyl (C=O) groups is 1. The van der Waals surface area contributed by atoms with E-state index in [4.69, 9.17) is 4.74 Å². The molecule has 1 N–H and O–H groups in total. The highest BCUT2D eigenvalue weighted by atomic mass is 79.9. The summed E-state index contributed by atoms with van der Waals surface area (Å²) in [5.74, 6) is 0.0530. The number of benzene rings is 2. The number of carbonyl (C=O) groups excluding carboxylic acids is 1. The largest absolute Gasteiger partial charge is 0.506 e. The molecule has 2 rings (SSSR count). The van der Waals surface area contributed by atoms with Crippen molar-refractivity contribution in [3.8, 4) is 5.75 Å². The fraction of sp³-hybridized carbons (Fsp3) is 0.316. The highest BCUT2D eigenvalue weighted by Gasteiger charge is 2.31. The Bertz CT molecular complexity index is 693. The van der Waals surface area contributed by atoms with Crippen LogP contribution in [0.15, 0.2) is 53.0 Å². The molecule has 0 radical (unpaired) electrons. The van der Waals surface area contributed by atoms with Gasteiger partial charge in [0, 0.05) is 16.4 Å². The first-order valence-electron chi connectivity index (χ1n) is 7.78. The topological polar surface area (TPSA) is 49.8 Å². The number of anilines is 1. The van der Waals surface area contributed by atoms with Crippen molar-refractivity contribution < 1.29 is 14.6 Å². The normalized spacial score (nSPS) is 11.2. The molecule has 0 aliphatic heterocycles. The molecule has 5 heteroatoms. The number of hydrogen-bond donors (Lipinski definition) is 1. The number of para-hydroxylation sites is 2. The number of hydrogen-bond acceptors (Lipinski definition) is 3. The minimum atomic E-state index is -0.520. The predicted molar refractivity (Wildman–Crippen MR) is 99.5 cm³/mol. The Morgan fingerprint density at radius 2 is 1.75 bits per heavy atom. The smallest absolute Gasteiger partial charge is 0.414 e. The summed E-state index contributed by atoms with van der Waals surface area (Å²) < 4.78 is 6.45. The Kier molecular flexibility index (Phi) is 5.89. The first-order valence-corrected chi connectivity index (χ1v) is 8.58. The molecule has 0 unspecified atom stereocenters. The van der Waals surface area contributed by atoms with Gasteiger partial charge in [-0.25, -0.2) is 4.79 Å². The van der Waals surface area contributed by atoms with E-state index >= 15 is 0 Å². The average molecular weight is 392 g/mol. The molecular formula is C19H22BrNO3. The summed E-state index contributed by atoms with van der Waals surface area (Å²) in [5, 5.41) is 10.1. The number of phenolic OH excluding ortho intramolecular Hbond substituents is 1. The maximum Gasteiger partial charge on any atom is 0.414 e. The predicted octanol–water partition coefficient (Wildman–Crippen LogP) is 5.14. The SMILES string of the molecule is CC(C)(C)N(C(=O)OCCc1ccc(Br)cc1)c1ccccc1O. The van der Waals surface area contributed by atoms with E-state index in [0.717, 1.165) is 10.0 Å². The van der Waals surface area contributed by atoms with Gasteiger partial charge in [0.1, 0.15) is 5.75 Å². The van der Waals surface area contributed by atoms with Crippen LogP contribution in [0.1, 0.15) is 26.3 Å². The lowest BCUT2D eigenvalue weighted by atomic mass is 10.1. The summed E-state index contributed by atoms with van der Waals surface area (Å²) in [6.07, 6.45) is 0.165. The van der Waals surface area contributed by atoms with Gasteiger partial charge in [-0.3, -0.25) is 4.90 Å². The molecule has 24 heavy (non-hydrogen) atoms. The Balaban J connectivity index is 2.06. The van der Waals surface area contributed by atoms with Crippen molar-refractivity contribution in [3.63, 3.8) is 0 Å². The number of phenols is 1. The molecule has 4 nitrogen and oxygen atoms in total. The van der Waals surface area contributed by atoms with Crippen molar-refractivity contribution in [1.82, 2.24) is 0 Å². The van der Waals surface area contributed by atoms with Gasteiger partial charge in [-0.1, -0.05) is 40.2 Å². The number of rotatable bonds is 4. The van der Waals surface area contributed by atoms with E-state index in [0.29, 0.717) is 12.1 Å². The molecule has 0 aromatic heterocycles. The quantitative estimate of drug-likeness (QED) is 0.784. The fourth-order valence-electron chi connectivity index (χ4n) is 2.36. The molecule has 1 amide bonds. The van der Waals surface area contributed by atoms with Gasteiger partial charge >= 0.3 is 6.09 Å². The summed E-state index contributed by atoms with van der Waals surface area (Å²) >= 11 is 3.39. The highest BCUT2D eigenvalue weighted by Crippen LogP contribution is 2.32. The number of aromatic hydroxyl groups is 1. The van der Waals surface area contributed by atoms with Crippen LogP contribution in [-0.2, 0) is 11.2 Å². The van der Waals surface area contributed by atoms with Crippen molar-refractivity contribution in [2.24, 2.45) is 0 Å². The van der Waals surface area contributed by atoms with Crippen LogP contribution < -0.4 is 4.90 Å². The molecule has 0 aliphatic carbocycles. The third-order valence-corrected chi connectivity index (χ3v) is 4.03. The van der Waals surface area contributed by atoms with Crippen LogP contribution in [0.25, 0.3) is 0 Å². The maximum atomic E-state index is 12.6. The van der Waals surface area contributed by atoms with Crippen molar-refractivity contribution >= 4 is 27.7 Å². The summed E-state index contributed by atoms with van der Waals surface area (Å²) in [4.78, 5) is 14.0. The molecule has 2 aromatic rings. The molecule has 0 atom stereocenters. The van der Waals surface area contributed by atoms with Crippen LogP contribution in [-0.4, -0.2) is 23.3 Å². The average Bonchev–Trinajstić information content (AvgIpc) is 2.50. The molecule has 2 aromatic carbocycles. The van der Waals surface area contributed by atoms with Gasteiger partial charge in [0.15, 0.2) is 0 Å². The Morgan fingerprint density at radius 3 is 2.33 bits per heavy atom. The molecule has 0 spiro atoms.